The number of halogens is 1. The molecule has 0 aromatic carbocycles. The Labute approximate surface area is 26.7 Å². The van der Waals surface area contributed by atoms with Crippen molar-refractivity contribution in [3.05, 3.63) is 0 Å². The van der Waals surface area contributed by atoms with Crippen LogP contribution in [0.2, 0.25) is 0 Å². The summed E-state index contributed by atoms with van der Waals surface area (Å²) >= 11 is 0. The number of rotatable bonds is 0. The Hall–Kier alpha value is 0.0949. The van der Waals surface area contributed by atoms with Gasteiger partial charge in [-0.2, -0.15) is 4.20 Å². The molecule has 0 aliphatic rings. The highest BCUT2D eigenvalue weighted by molar-refractivity contribution is 7.21. The van der Waals surface area contributed by atoms with Crippen LogP contribution >= 0.6 is 8.68 Å². The average Bonchev–Trinajstić information content (AvgIpc) is 1.37. The standard InChI is InChI=1S/BFNP/c1-3-4-2. The Morgan fingerprint density at radius 1 is 2.00 bits per heavy atom. The molecule has 0 unspecified atom stereocenters. The van der Waals surface area contributed by atoms with Crippen LogP contribution in [0.1, 0.15) is 0 Å². The average molecular weight is 74.8 g/mol. The van der Waals surface area contributed by atoms with E-state index in [1.165, 1.54) is 0 Å². The second-order valence-corrected chi connectivity index (χ2v) is 0.573. The van der Waals surface area contributed by atoms with Crippen molar-refractivity contribution in [2.75, 3.05) is 0 Å². The molecule has 0 saturated carbocycles. The predicted octanol–water partition coefficient (Wildman–Crippen LogP) is 1.08. The molecule has 0 bridgehead atoms. The third-order valence-electron chi connectivity index (χ3n) is 0.0436. The van der Waals surface area contributed by atoms with Gasteiger partial charge in [0.2, 0.25) is 8.68 Å². The van der Waals surface area contributed by atoms with Gasteiger partial charge in [0.15, 0.2) is 0 Å². The summed E-state index contributed by atoms with van der Waals surface area (Å²) in [5.74, 6) is 0. The number of nitrogens with zero attached hydrogens (tertiary/aromatic N) is 1. The zero-order chi connectivity index (χ0) is 3.41. The Bertz CT molecular complexity index is 23.2. The summed E-state index contributed by atoms with van der Waals surface area (Å²) in [6.07, 6.45) is 0. The van der Waals surface area contributed by atoms with E-state index in [2.05, 4.69) is 12.6 Å². The summed E-state index contributed by atoms with van der Waals surface area (Å²) in [6, 6.07) is 0. The van der Waals surface area contributed by atoms with Crippen molar-refractivity contribution in [3.63, 3.8) is 0 Å². The van der Waals surface area contributed by atoms with Crippen LogP contribution in [0.3, 0.4) is 0 Å². The van der Waals surface area contributed by atoms with E-state index in [1.54, 1.807) is 0 Å². The zero-order valence-corrected chi connectivity index (χ0v) is 2.74. The molecule has 4 heteroatoms. The van der Waals surface area contributed by atoms with Crippen molar-refractivity contribution >= 4 is 16.7 Å². The van der Waals surface area contributed by atoms with Crippen LogP contribution < -0.4 is 0 Å². The second kappa shape index (κ2) is 3.09. The van der Waals surface area contributed by atoms with Gasteiger partial charge in [-0.15, -0.1) is 0 Å². The zero-order valence-electron chi connectivity index (χ0n) is 1.85. The molecular weight excluding hydrogens is 74.8 g/mol. The molecule has 2 radical (unpaired) electrons. The van der Waals surface area contributed by atoms with Crippen LogP contribution in [0.25, 0.3) is 0 Å². The monoisotopic (exact) mass is 75.0 g/mol. The quantitative estimate of drug-likeness (QED) is 0.301. The Morgan fingerprint density at radius 2 is 2.25 bits per heavy atom. The topological polar surface area (TPSA) is 12.4 Å². The minimum Gasteiger partial charge on any atom is -0.313 e. The van der Waals surface area contributed by atoms with Crippen LogP contribution in [0, 0.1) is 0 Å². The second-order valence-electron chi connectivity index (χ2n) is 0.191. The maximum atomic E-state index is 10.4. The van der Waals surface area contributed by atoms with E-state index in [9.17, 15) is 4.20 Å². The molecule has 1 nitrogen and oxygen atoms in total. The lowest BCUT2D eigenvalue weighted by Crippen LogP contribution is -1.27. The Kier molecular flexibility index (Phi) is 3.17. The van der Waals surface area contributed by atoms with Crippen molar-refractivity contribution in [2.24, 2.45) is 4.66 Å². The van der Waals surface area contributed by atoms with Crippen molar-refractivity contribution in [3.8, 4) is 0 Å². The predicted molar refractivity (Wildman–Crippen MR) is 16.2 cm³/mol. The van der Waals surface area contributed by atoms with Gasteiger partial charge < -0.3 is 4.66 Å². The van der Waals surface area contributed by atoms with Crippen LogP contribution in [0.4, 0.5) is 4.20 Å². The lowest BCUT2D eigenvalue weighted by Gasteiger charge is -1.45. The summed E-state index contributed by atoms with van der Waals surface area (Å²) in [5, 5.41) is 0. The van der Waals surface area contributed by atoms with Crippen LogP contribution in [-0.4, -0.2) is 7.98 Å². The lowest BCUT2D eigenvalue weighted by molar-refractivity contribution is 0.930. The summed E-state index contributed by atoms with van der Waals surface area (Å²) in [4.78, 5) is 0. The number of hydrogen-bond donors (Lipinski definition) is 0. The Morgan fingerprint density at radius 3 is 2.25 bits per heavy atom. The highest BCUT2D eigenvalue weighted by Crippen LogP contribution is 1.92. The molecule has 0 saturated heterocycles. The molecule has 0 aliphatic heterocycles. The molecule has 0 spiro atoms. The van der Waals surface area contributed by atoms with Gasteiger partial charge in [-0.25, -0.2) is 0 Å². The minimum absolute atomic E-state index is 0.599. The lowest BCUT2D eigenvalue weighted by atomic mass is 10.5. The van der Waals surface area contributed by atoms with E-state index in [-0.39, 0.29) is 0 Å². The van der Waals surface area contributed by atoms with Gasteiger partial charge >= 0.3 is 0 Å². The van der Waals surface area contributed by atoms with Crippen molar-refractivity contribution in [1.82, 2.24) is 0 Å². The third-order valence-corrected chi connectivity index (χ3v) is 0.131. The smallest absolute Gasteiger partial charge is 0.269 e. The van der Waals surface area contributed by atoms with Crippen LogP contribution in [0.15, 0.2) is 4.66 Å². The van der Waals surface area contributed by atoms with E-state index < -0.39 is 8.68 Å². The van der Waals surface area contributed by atoms with Gasteiger partial charge in [-0.1, -0.05) is 0 Å². The van der Waals surface area contributed by atoms with Gasteiger partial charge in [0, 0.05) is 0 Å². The molecule has 4 heavy (non-hydrogen) atoms. The van der Waals surface area contributed by atoms with E-state index in [0.717, 1.165) is 0 Å². The van der Waals surface area contributed by atoms with Crippen molar-refractivity contribution in [2.45, 2.75) is 0 Å². The maximum Gasteiger partial charge on any atom is 0.269 e. The maximum absolute atomic E-state index is 10.4. The van der Waals surface area contributed by atoms with Crippen LogP contribution in [0.5, 0.6) is 0 Å². The number of hydrogen-bond acceptors (Lipinski definition) is 1. The molecule has 0 aromatic rings. The first-order valence-corrected chi connectivity index (χ1v) is 1.37. The fourth-order valence-corrected chi connectivity index (χ4v) is 0. The van der Waals surface area contributed by atoms with Gasteiger partial charge in [-0.05, 0) is 0 Å². The summed E-state index contributed by atoms with van der Waals surface area (Å²) in [5.41, 5.74) is 0. The summed E-state index contributed by atoms with van der Waals surface area (Å²) in [6.45, 7) is 0. The molecule has 0 rings (SSSR count). The first kappa shape index (κ1) is 4.09. The third kappa shape index (κ3) is 2.09. The molecule has 0 aromatic heterocycles. The SMILES string of the molecule is [B]N=PF. The van der Waals surface area contributed by atoms with E-state index in [0.29, 0.717) is 0 Å². The normalized spacial score (nSPS) is 9.25. The largest absolute Gasteiger partial charge is 0.313 e. The van der Waals surface area contributed by atoms with Crippen molar-refractivity contribution in [1.29, 1.82) is 0 Å². The summed E-state index contributed by atoms with van der Waals surface area (Å²) in [7, 11) is 3.67. The molecule has 0 amide bonds. The molecule has 20 valence electrons. The van der Waals surface area contributed by atoms with Gasteiger partial charge in [0.05, 0.1) is 0 Å². The minimum atomic E-state index is -0.599. The molecule has 0 aliphatic carbocycles. The highest BCUT2D eigenvalue weighted by atomic mass is 31.1. The highest BCUT2D eigenvalue weighted by Gasteiger charge is 1.42. The first-order valence-electron chi connectivity index (χ1n) is 0.627. The molecule has 0 atom stereocenters. The van der Waals surface area contributed by atoms with Crippen LogP contribution in [-0.2, 0) is 0 Å². The fraction of sp³-hybridized carbons (Fsp3) is 0. The van der Waals surface area contributed by atoms with Gasteiger partial charge in [0.1, 0.15) is 0 Å². The molecule has 0 N–H and O–H groups in total. The molecular formula is BFNP. The molecule has 0 fully saturated rings. The van der Waals surface area contributed by atoms with E-state index in [4.69, 9.17) is 0 Å². The first-order chi connectivity index (χ1) is 1.91. The van der Waals surface area contributed by atoms with E-state index in [1.807, 2.05) is 0 Å². The van der Waals surface area contributed by atoms with Crippen molar-refractivity contribution < 1.29 is 4.20 Å². The Balaban J connectivity index is 2.55. The van der Waals surface area contributed by atoms with Gasteiger partial charge in [0.25, 0.3) is 7.98 Å². The molecule has 0 heterocycles. The fourth-order valence-electron chi connectivity index (χ4n) is 0. The summed E-state index contributed by atoms with van der Waals surface area (Å²) < 4.78 is 12.9. The van der Waals surface area contributed by atoms with E-state index >= 15 is 0 Å². The van der Waals surface area contributed by atoms with Gasteiger partial charge in [-0.3, -0.25) is 0 Å².